The molecule has 5 nitrogen and oxygen atoms in total. The molecule has 0 bridgehead atoms. The number of rotatable bonds is 7. The van der Waals surface area contributed by atoms with E-state index in [-0.39, 0.29) is 12.6 Å². The van der Waals surface area contributed by atoms with Gasteiger partial charge >= 0.3 is 6.03 Å². The Morgan fingerprint density at radius 3 is 2.50 bits per heavy atom. The average Bonchev–Trinajstić information content (AvgIpc) is 2.19. The van der Waals surface area contributed by atoms with Crippen molar-refractivity contribution in [3.63, 3.8) is 0 Å². The standard InChI is InChI=1S/C9H20N2O3/c1-3-11(4-2)9(13)10-5-7-14-8-6-12/h12H,3-8H2,1-2H3,(H,10,13). The lowest BCUT2D eigenvalue weighted by Crippen LogP contribution is -2.41. The summed E-state index contributed by atoms with van der Waals surface area (Å²) in [7, 11) is 0. The first-order valence-electron chi connectivity index (χ1n) is 4.97. The van der Waals surface area contributed by atoms with Gasteiger partial charge in [-0.25, -0.2) is 4.79 Å². The minimum absolute atomic E-state index is 0.0178. The molecular formula is C9H20N2O3. The zero-order valence-corrected chi connectivity index (χ0v) is 8.95. The van der Waals surface area contributed by atoms with Gasteiger partial charge in [0, 0.05) is 19.6 Å². The molecule has 2 N–H and O–H groups in total. The van der Waals surface area contributed by atoms with Gasteiger partial charge in [-0.1, -0.05) is 0 Å². The van der Waals surface area contributed by atoms with Gasteiger partial charge in [0.05, 0.1) is 19.8 Å². The first kappa shape index (κ1) is 13.2. The number of ether oxygens (including phenoxy) is 1. The van der Waals surface area contributed by atoms with Crippen LogP contribution in [0.4, 0.5) is 4.79 Å². The van der Waals surface area contributed by atoms with Gasteiger partial charge in [0.15, 0.2) is 0 Å². The smallest absolute Gasteiger partial charge is 0.317 e. The first-order valence-corrected chi connectivity index (χ1v) is 4.97. The zero-order chi connectivity index (χ0) is 10.8. The average molecular weight is 204 g/mol. The molecule has 14 heavy (non-hydrogen) atoms. The summed E-state index contributed by atoms with van der Waals surface area (Å²) >= 11 is 0. The number of aliphatic hydroxyl groups excluding tert-OH is 1. The van der Waals surface area contributed by atoms with Crippen LogP contribution in [0.2, 0.25) is 0 Å². The van der Waals surface area contributed by atoms with Crippen LogP contribution < -0.4 is 5.32 Å². The molecule has 0 aromatic carbocycles. The summed E-state index contributed by atoms with van der Waals surface area (Å²) in [5.41, 5.74) is 0. The van der Waals surface area contributed by atoms with Crippen LogP contribution in [0.15, 0.2) is 0 Å². The SMILES string of the molecule is CCN(CC)C(=O)NCCOCCO. The number of urea groups is 1. The van der Waals surface area contributed by atoms with E-state index in [1.165, 1.54) is 0 Å². The topological polar surface area (TPSA) is 61.8 Å². The molecule has 0 heterocycles. The van der Waals surface area contributed by atoms with Crippen LogP contribution >= 0.6 is 0 Å². The molecule has 0 atom stereocenters. The van der Waals surface area contributed by atoms with Crippen LogP contribution in [0, 0.1) is 0 Å². The van der Waals surface area contributed by atoms with Gasteiger partial charge in [0.2, 0.25) is 0 Å². The lowest BCUT2D eigenvalue weighted by atomic mass is 10.5. The third-order valence-corrected chi connectivity index (χ3v) is 1.81. The Bertz CT molecular complexity index is 149. The second-order valence-corrected chi connectivity index (χ2v) is 2.74. The van der Waals surface area contributed by atoms with Gasteiger partial charge < -0.3 is 20.1 Å². The molecule has 84 valence electrons. The Morgan fingerprint density at radius 2 is 2.00 bits per heavy atom. The molecule has 0 aliphatic rings. The highest BCUT2D eigenvalue weighted by molar-refractivity contribution is 5.73. The molecule has 0 aliphatic heterocycles. The predicted molar refractivity (Wildman–Crippen MR) is 54.2 cm³/mol. The van der Waals surface area contributed by atoms with Gasteiger partial charge in [-0.15, -0.1) is 0 Å². The largest absolute Gasteiger partial charge is 0.394 e. The Morgan fingerprint density at radius 1 is 1.36 bits per heavy atom. The van der Waals surface area contributed by atoms with Gasteiger partial charge in [-0.3, -0.25) is 0 Å². The molecule has 0 aliphatic carbocycles. The van der Waals surface area contributed by atoms with Crippen molar-refractivity contribution in [2.24, 2.45) is 0 Å². The van der Waals surface area contributed by atoms with E-state index in [4.69, 9.17) is 9.84 Å². The second kappa shape index (κ2) is 8.77. The quantitative estimate of drug-likeness (QED) is 0.576. The lowest BCUT2D eigenvalue weighted by molar-refractivity contribution is 0.0938. The van der Waals surface area contributed by atoms with E-state index in [0.29, 0.717) is 32.8 Å². The van der Waals surface area contributed by atoms with E-state index in [9.17, 15) is 4.79 Å². The summed E-state index contributed by atoms with van der Waals surface area (Å²) in [4.78, 5) is 13.0. The highest BCUT2D eigenvalue weighted by Gasteiger charge is 2.06. The van der Waals surface area contributed by atoms with E-state index in [0.717, 1.165) is 0 Å². The molecule has 0 saturated heterocycles. The fourth-order valence-electron chi connectivity index (χ4n) is 1.02. The maximum absolute atomic E-state index is 11.3. The summed E-state index contributed by atoms with van der Waals surface area (Å²) in [6.45, 7) is 6.55. The molecule has 0 spiro atoms. The van der Waals surface area contributed by atoms with Crippen LogP contribution in [-0.2, 0) is 4.74 Å². The number of carbonyl (C=O) groups is 1. The van der Waals surface area contributed by atoms with Crippen molar-refractivity contribution in [1.29, 1.82) is 0 Å². The minimum Gasteiger partial charge on any atom is -0.394 e. The van der Waals surface area contributed by atoms with Crippen molar-refractivity contribution in [2.45, 2.75) is 13.8 Å². The minimum atomic E-state index is -0.0670. The number of carbonyl (C=O) groups excluding carboxylic acids is 1. The summed E-state index contributed by atoms with van der Waals surface area (Å²) in [6, 6.07) is -0.0670. The molecular weight excluding hydrogens is 184 g/mol. The van der Waals surface area contributed by atoms with Gasteiger partial charge in [-0.05, 0) is 13.8 Å². The van der Waals surface area contributed by atoms with Crippen molar-refractivity contribution < 1.29 is 14.6 Å². The molecule has 0 aromatic rings. The van der Waals surface area contributed by atoms with Crippen molar-refractivity contribution in [1.82, 2.24) is 10.2 Å². The third kappa shape index (κ3) is 5.77. The van der Waals surface area contributed by atoms with E-state index < -0.39 is 0 Å². The summed E-state index contributed by atoms with van der Waals surface area (Å²) < 4.78 is 5.00. The van der Waals surface area contributed by atoms with Crippen LogP contribution in [0.3, 0.4) is 0 Å². The maximum Gasteiger partial charge on any atom is 0.317 e. The number of nitrogens with zero attached hydrogens (tertiary/aromatic N) is 1. The number of aliphatic hydroxyl groups is 1. The number of hydrogen-bond acceptors (Lipinski definition) is 3. The molecule has 0 rings (SSSR count). The monoisotopic (exact) mass is 204 g/mol. The Labute approximate surface area is 85.0 Å². The second-order valence-electron chi connectivity index (χ2n) is 2.74. The van der Waals surface area contributed by atoms with Crippen LogP contribution in [0.25, 0.3) is 0 Å². The molecule has 0 unspecified atom stereocenters. The number of hydrogen-bond donors (Lipinski definition) is 2. The fourth-order valence-corrected chi connectivity index (χ4v) is 1.02. The molecule has 0 aromatic heterocycles. The molecule has 5 heteroatoms. The normalized spacial score (nSPS) is 9.93. The Balaban J connectivity index is 3.43. The van der Waals surface area contributed by atoms with Crippen LogP contribution in [0.1, 0.15) is 13.8 Å². The van der Waals surface area contributed by atoms with Gasteiger partial charge in [0.25, 0.3) is 0 Å². The maximum atomic E-state index is 11.3. The predicted octanol–water partition coefficient (Wildman–Crippen LogP) is 0.0467. The van der Waals surface area contributed by atoms with E-state index in [2.05, 4.69) is 5.32 Å². The van der Waals surface area contributed by atoms with Crippen LogP contribution in [-0.4, -0.2) is 55.5 Å². The fraction of sp³-hybridized carbons (Fsp3) is 0.889. The molecule has 0 fully saturated rings. The first-order chi connectivity index (χ1) is 6.76. The summed E-state index contributed by atoms with van der Waals surface area (Å²) in [5.74, 6) is 0. The molecule has 0 radical (unpaired) electrons. The van der Waals surface area contributed by atoms with E-state index >= 15 is 0 Å². The summed E-state index contributed by atoms with van der Waals surface area (Å²) in [6.07, 6.45) is 0. The Kier molecular flexibility index (Phi) is 8.27. The number of amides is 2. The third-order valence-electron chi connectivity index (χ3n) is 1.81. The van der Waals surface area contributed by atoms with E-state index in [1.54, 1.807) is 4.90 Å². The van der Waals surface area contributed by atoms with E-state index in [1.807, 2.05) is 13.8 Å². The van der Waals surface area contributed by atoms with Gasteiger partial charge in [-0.2, -0.15) is 0 Å². The lowest BCUT2D eigenvalue weighted by Gasteiger charge is -2.19. The van der Waals surface area contributed by atoms with Crippen LogP contribution in [0.5, 0.6) is 0 Å². The number of nitrogens with one attached hydrogen (secondary N) is 1. The Hall–Kier alpha value is -0.810. The molecule has 2 amide bonds. The summed E-state index contributed by atoms with van der Waals surface area (Å²) in [5, 5.41) is 11.1. The zero-order valence-electron chi connectivity index (χ0n) is 8.95. The highest BCUT2D eigenvalue weighted by Crippen LogP contribution is 1.87. The highest BCUT2D eigenvalue weighted by atomic mass is 16.5. The van der Waals surface area contributed by atoms with Crippen molar-refractivity contribution in [2.75, 3.05) is 39.5 Å². The molecule has 0 saturated carbocycles. The van der Waals surface area contributed by atoms with Gasteiger partial charge in [0.1, 0.15) is 0 Å². The van der Waals surface area contributed by atoms with Crippen molar-refractivity contribution in [3.05, 3.63) is 0 Å². The van der Waals surface area contributed by atoms with Crippen molar-refractivity contribution >= 4 is 6.03 Å². The van der Waals surface area contributed by atoms with Crippen molar-refractivity contribution in [3.8, 4) is 0 Å².